The smallest absolute Gasteiger partial charge is 0.306 e. The summed E-state index contributed by atoms with van der Waals surface area (Å²) < 4.78 is 16.7. The van der Waals surface area contributed by atoms with Crippen molar-refractivity contribution in [3.8, 4) is 0 Å². The van der Waals surface area contributed by atoms with Crippen molar-refractivity contribution < 1.29 is 28.6 Å². The zero-order valence-corrected chi connectivity index (χ0v) is 40.5. The summed E-state index contributed by atoms with van der Waals surface area (Å²) in [5.74, 6) is -0.996. The fourth-order valence-corrected chi connectivity index (χ4v) is 6.57. The molecule has 0 saturated carbocycles. The third kappa shape index (κ3) is 49.0. The SMILES string of the molecule is CC\C=C/C=C\C=C/C=C\CCCCCC(=O)OCC(COC(=O)CCCCCCCC/C=C\C/C=C\C/C=C\CC)OC(=O)CCCCC/C=C\C=C/CCCCCCCCC. The van der Waals surface area contributed by atoms with Crippen LogP contribution in [0.3, 0.4) is 0 Å². The Labute approximate surface area is 387 Å². The van der Waals surface area contributed by atoms with Crippen LogP contribution in [0, 0.1) is 0 Å². The lowest BCUT2D eigenvalue weighted by molar-refractivity contribution is -0.167. The number of carbonyl (C=O) groups excluding carboxylic acids is 3. The molecular weight excluding hydrogens is 781 g/mol. The Morgan fingerprint density at radius 2 is 0.698 bits per heavy atom. The van der Waals surface area contributed by atoms with Crippen LogP contribution in [0.4, 0.5) is 0 Å². The van der Waals surface area contributed by atoms with Crippen molar-refractivity contribution >= 4 is 17.9 Å². The lowest BCUT2D eigenvalue weighted by atomic mass is 10.1. The van der Waals surface area contributed by atoms with E-state index in [0.29, 0.717) is 12.8 Å². The van der Waals surface area contributed by atoms with Gasteiger partial charge in [-0.2, -0.15) is 0 Å². The van der Waals surface area contributed by atoms with Crippen molar-refractivity contribution in [3.63, 3.8) is 0 Å². The first-order valence-electron chi connectivity index (χ1n) is 25.5. The van der Waals surface area contributed by atoms with Crippen molar-refractivity contribution in [2.75, 3.05) is 13.2 Å². The number of hydrogen-bond donors (Lipinski definition) is 0. The topological polar surface area (TPSA) is 78.9 Å². The molecule has 6 heteroatoms. The largest absolute Gasteiger partial charge is 0.462 e. The summed E-state index contributed by atoms with van der Waals surface area (Å²) in [5, 5.41) is 0. The molecule has 0 aromatic heterocycles. The summed E-state index contributed by atoms with van der Waals surface area (Å²) in [6.45, 7) is 6.30. The number of rotatable bonds is 44. The van der Waals surface area contributed by atoms with Gasteiger partial charge in [0.2, 0.25) is 0 Å². The van der Waals surface area contributed by atoms with Gasteiger partial charge in [0.15, 0.2) is 6.10 Å². The molecule has 63 heavy (non-hydrogen) atoms. The van der Waals surface area contributed by atoms with Crippen LogP contribution in [0.2, 0.25) is 0 Å². The lowest BCUT2D eigenvalue weighted by Crippen LogP contribution is -2.30. The van der Waals surface area contributed by atoms with Gasteiger partial charge in [0.1, 0.15) is 13.2 Å². The van der Waals surface area contributed by atoms with Crippen molar-refractivity contribution in [2.45, 2.75) is 219 Å². The molecule has 0 fully saturated rings. The van der Waals surface area contributed by atoms with E-state index in [1.807, 2.05) is 36.5 Å². The standard InChI is InChI=1S/C57H92O6/c1-4-7-10-13-16-19-22-25-27-29-32-35-38-41-44-47-50-56(59)62-53-54(52-61-55(58)49-46-43-40-37-34-31-24-21-18-15-12-9-6-3)63-57(60)51-48-45-42-39-36-33-30-28-26-23-20-17-14-11-8-5-2/h7,9-10,12,15-16,18-19,21,24-25,27-28,30-31,33-34,36,54H,4-6,8,11,13-14,17,20,22-23,26,29,32,35,37-53H2,1-3H3/b10-7-,12-9-,18-15-,19-16-,24-21-,27-25-,30-28-,34-31-,36-33-. The highest BCUT2D eigenvalue weighted by Gasteiger charge is 2.19. The fourth-order valence-electron chi connectivity index (χ4n) is 6.57. The highest BCUT2D eigenvalue weighted by atomic mass is 16.6. The van der Waals surface area contributed by atoms with Crippen molar-refractivity contribution in [2.24, 2.45) is 0 Å². The van der Waals surface area contributed by atoms with Gasteiger partial charge in [-0.15, -0.1) is 0 Å². The van der Waals surface area contributed by atoms with E-state index in [-0.39, 0.29) is 37.5 Å². The Morgan fingerprint density at radius 3 is 1.19 bits per heavy atom. The van der Waals surface area contributed by atoms with Gasteiger partial charge in [-0.25, -0.2) is 0 Å². The molecule has 0 aliphatic carbocycles. The predicted octanol–water partition coefficient (Wildman–Crippen LogP) is 16.8. The monoisotopic (exact) mass is 873 g/mol. The second-order valence-corrected chi connectivity index (χ2v) is 16.4. The van der Waals surface area contributed by atoms with Crippen LogP contribution in [0.5, 0.6) is 0 Å². The molecular formula is C57H92O6. The molecule has 0 spiro atoms. The maximum Gasteiger partial charge on any atom is 0.306 e. The van der Waals surface area contributed by atoms with Crippen molar-refractivity contribution in [3.05, 3.63) is 109 Å². The Bertz CT molecular complexity index is 1330. The third-order valence-corrected chi connectivity index (χ3v) is 10.4. The molecule has 0 aromatic carbocycles. The average Bonchev–Trinajstić information content (AvgIpc) is 3.28. The van der Waals surface area contributed by atoms with Gasteiger partial charge in [0, 0.05) is 19.3 Å². The first kappa shape index (κ1) is 59.1. The Kier molecular flexibility index (Phi) is 47.5. The molecule has 0 bridgehead atoms. The predicted molar refractivity (Wildman–Crippen MR) is 270 cm³/mol. The summed E-state index contributed by atoms with van der Waals surface area (Å²) >= 11 is 0. The van der Waals surface area contributed by atoms with Gasteiger partial charge in [-0.1, -0.05) is 207 Å². The van der Waals surface area contributed by atoms with E-state index in [0.717, 1.165) is 116 Å². The molecule has 0 rings (SSSR count). The maximum atomic E-state index is 12.8. The van der Waals surface area contributed by atoms with Crippen LogP contribution in [-0.2, 0) is 28.6 Å². The third-order valence-electron chi connectivity index (χ3n) is 10.4. The quantitative estimate of drug-likeness (QED) is 0.0199. The summed E-state index contributed by atoms with van der Waals surface area (Å²) in [6.07, 6.45) is 67.9. The van der Waals surface area contributed by atoms with E-state index < -0.39 is 6.10 Å². The minimum atomic E-state index is -0.815. The normalized spacial score (nSPS) is 13.0. The van der Waals surface area contributed by atoms with Gasteiger partial charge in [-0.05, 0) is 96.3 Å². The number of carbonyl (C=O) groups is 3. The van der Waals surface area contributed by atoms with Gasteiger partial charge < -0.3 is 14.2 Å². The molecule has 0 heterocycles. The molecule has 0 amide bonds. The second-order valence-electron chi connectivity index (χ2n) is 16.4. The average molecular weight is 873 g/mol. The maximum absolute atomic E-state index is 12.8. The zero-order valence-electron chi connectivity index (χ0n) is 40.5. The van der Waals surface area contributed by atoms with Crippen LogP contribution in [0.15, 0.2) is 109 Å². The molecule has 1 atom stereocenters. The van der Waals surface area contributed by atoms with E-state index in [1.165, 1.54) is 57.8 Å². The van der Waals surface area contributed by atoms with Crippen LogP contribution >= 0.6 is 0 Å². The molecule has 356 valence electrons. The highest BCUT2D eigenvalue weighted by Crippen LogP contribution is 2.13. The van der Waals surface area contributed by atoms with E-state index >= 15 is 0 Å². The highest BCUT2D eigenvalue weighted by molar-refractivity contribution is 5.71. The van der Waals surface area contributed by atoms with Gasteiger partial charge in [-0.3, -0.25) is 14.4 Å². The second kappa shape index (κ2) is 50.7. The molecule has 1 unspecified atom stereocenters. The van der Waals surface area contributed by atoms with Crippen LogP contribution in [0.25, 0.3) is 0 Å². The van der Waals surface area contributed by atoms with E-state index in [1.54, 1.807) is 0 Å². The number of hydrogen-bond acceptors (Lipinski definition) is 6. The minimum absolute atomic E-state index is 0.111. The van der Waals surface area contributed by atoms with Gasteiger partial charge in [0.25, 0.3) is 0 Å². The van der Waals surface area contributed by atoms with E-state index in [4.69, 9.17) is 14.2 Å². The molecule has 0 saturated heterocycles. The summed E-state index contributed by atoms with van der Waals surface area (Å²) in [4.78, 5) is 37.9. The van der Waals surface area contributed by atoms with E-state index in [2.05, 4.69) is 93.7 Å². The first-order chi connectivity index (χ1) is 31.0. The molecule has 0 N–H and O–H groups in total. The Hall–Kier alpha value is -3.93. The van der Waals surface area contributed by atoms with Gasteiger partial charge >= 0.3 is 17.9 Å². The summed E-state index contributed by atoms with van der Waals surface area (Å²) in [6, 6.07) is 0. The molecule has 0 aliphatic rings. The minimum Gasteiger partial charge on any atom is -0.462 e. The zero-order chi connectivity index (χ0) is 45.8. The first-order valence-corrected chi connectivity index (χ1v) is 25.5. The number of ether oxygens (including phenoxy) is 3. The summed E-state index contributed by atoms with van der Waals surface area (Å²) in [5.41, 5.74) is 0. The Balaban J connectivity index is 4.52. The van der Waals surface area contributed by atoms with Crippen LogP contribution in [-0.4, -0.2) is 37.2 Å². The lowest BCUT2D eigenvalue weighted by Gasteiger charge is -2.18. The summed E-state index contributed by atoms with van der Waals surface area (Å²) in [7, 11) is 0. The van der Waals surface area contributed by atoms with Crippen molar-refractivity contribution in [1.82, 2.24) is 0 Å². The Morgan fingerprint density at radius 1 is 0.349 bits per heavy atom. The molecule has 0 aromatic rings. The van der Waals surface area contributed by atoms with Crippen LogP contribution < -0.4 is 0 Å². The van der Waals surface area contributed by atoms with E-state index in [9.17, 15) is 14.4 Å². The number of allylic oxidation sites excluding steroid dienone is 18. The molecule has 0 radical (unpaired) electrons. The molecule has 0 aliphatic heterocycles. The van der Waals surface area contributed by atoms with Crippen LogP contribution in [0.1, 0.15) is 213 Å². The van der Waals surface area contributed by atoms with Crippen molar-refractivity contribution in [1.29, 1.82) is 0 Å². The fraction of sp³-hybridized carbons (Fsp3) is 0.632. The van der Waals surface area contributed by atoms with Gasteiger partial charge in [0.05, 0.1) is 0 Å². The molecule has 6 nitrogen and oxygen atoms in total. The number of unbranched alkanes of at least 4 members (excludes halogenated alkanes) is 19. The number of esters is 3.